The van der Waals surface area contributed by atoms with Crippen LogP contribution in [0.5, 0.6) is 0 Å². The molecule has 0 bridgehead atoms. The molecule has 2 atom stereocenters. The van der Waals surface area contributed by atoms with Gasteiger partial charge in [0.15, 0.2) is 0 Å². The zero-order chi connectivity index (χ0) is 30.6. The van der Waals surface area contributed by atoms with E-state index in [1.54, 1.807) is 17.0 Å². The maximum absolute atomic E-state index is 14.0. The van der Waals surface area contributed by atoms with Gasteiger partial charge in [0.2, 0.25) is 11.8 Å². The van der Waals surface area contributed by atoms with Crippen molar-refractivity contribution in [1.82, 2.24) is 10.2 Å². The third-order valence-electron chi connectivity index (χ3n) is 8.18. The highest BCUT2D eigenvalue weighted by Gasteiger charge is 2.36. The molecule has 0 aromatic heterocycles. The Labute approximate surface area is 254 Å². The summed E-state index contributed by atoms with van der Waals surface area (Å²) in [6.45, 7) is 6.42. The number of sulfonamides is 1. The Morgan fingerprint density at radius 3 is 2.28 bits per heavy atom. The first kappa shape index (κ1) is 30.3. The van der Waals surface area contributed by atoms with Crippen LogP contribution in [-0.2, 0) is 32.6 Å². The van der Waals surface area contributed by atoms with Crippen LogP contribution in [0.25, 0.3) is 10.8 Å². The molecule has 8 heteroatoms. The SMILES string of the molecule is CC[C@@H](C)NC(=O)[C@H](Cc1ccccc1)N(Cc1ccc(C)cc1)C(=O)CCCN1c2cccc3cccc(c23)S1(=O)=O. The molecule has 0 unspecified atom stereocenters. The Balaban J connectivity index is 1.40. The highest BCUT2D eigenvalue weighted by Crippen LogP contribution is 2.42. The molecule has 1 aliphatic heterocycles. The predicted octanol–water partition coefficient (Wildman–Crippen LogP) is 5.99. The smallest absolute Gasteiger partial charge is 0.265 e. The van der Waals surface area contributed by atoms with Gasteiger partial charge in [0.05, 0.1) is 10.6 Å². The van der Waals surface area contributed by atoms with Crippen molar-refractivity contribution in [1.29, 1.82) is 0 Å². The number of nitrogens with one attached hydrogen (secondary N) is 1. The van der Waals surface area contributed by atoms with Crippen LogP contribution in [-0.4, -0.2) is 43.8 Å². The normalized spacial score (nSPS) is 14.8. The van der Waals surface area contributed by atoms with Crippen molar-refractivity contribution in [2.45, 2.75) is 70.0 Å². The van der Waals surface area contributed by atoms with Gasteiger partial charge in [-0.15, -0.1) is 0 Å². The molecule has 0 spiro atoms. The number of aryl methyl sites for hydroxylation is 1. The number of hydrogen-bond donors (Lipinski definition) is 1. The van der Waals surface area contributed by atoms with E-state index in [9.17, 15) is 18.0 Å². The lowest BCUT2D eigenvalue weighted by atomic mass is 10.0. The summed E-state index contributed by atoms with van der Waals surface area (Å²) in [7, 11) is -3.71. The molecule has 0 saturated carbocycles. The van der Waals surface area contributed by atoms with E-state index in [-0.39, 0.29) is 37.4 Å². The van der Waals surface area contributed by atoms with Gasteiger partial charge in [0.25, 0.3) is 10.0 Å². The number of carbonyl (C=O) groups excluding carboxylic acids is 2. The second-order valence-electron chi connectivity index (χ2n) is 11.3. The predicted molar refractivity (Wildman–Crippen MR) is 171 cm³/mol. The van der Waals surface area contributed by atoms with Crippen molar-refractivity contribution in [3.05, 3.63) is 108 Å². The summed E-state index contributed by atoms with van der Waals surface area (Å²) in [5.41, 5.74) is 3.65. The van der Waals surface area contributed by atoms with E-state index in [0.717, 1.165) is 33.9 Å². The average Bonchev–Trinajstić information content (AvgIpc) is 3.23. The Morgan fingerprint density at radius 1 is 0.884 bits per heavy atom. The molecule has 1 aliphatic rings. The largest absolute Gasteiger partial charge is 0.352 e. The molecule has 7 nitrogen and oxygen atoms in total. The number of nitrogens with zero attached hydrogens (tertiary/aromatic N) is 2. The number of benzene rings is 4. The summed E-state index contributed by atoms with van der Waals surface area (Å²) in [4.78, 5) is 29.7. The van der Waals surface area contributed by atoms with Gasteiger partial charge in [-0.2, -0.15) is 0 Å². The van der Waals surface area contributed by atoms with Crippen molar-refractivity contribution in [2.75, 3.05) is 10.8 Å². The lowest BCUT2D eigenvalue weighted by Gasteiger charge is -2.32. The third kappa shape index (κ3) is 6.59. The van der Waals surface area contributed by atoms with Crippen LogP contribution in [0.4, 0.5) is 5.69 Å². The van der Waals surface area contributed by atoms with Gasteiger partial charge in [-0.25, -0.2) is 8.42 Å². The lowest BCUT2D eigenvalue weighted by molar-refractivity contribution is -0.141. The first-order chi connectivity index (χ1) is 20.7. The monoisotopic (exact) mass is 597 g/mol. The van der Waals surface area contributed by atoms with Crippen LogP contribution >= 0.6 is 0 Å². The summed E-state index contributed by atoms with van der Waals surface area (Å²) >= 11 is 0. The topological polar surface area (TPSA) is 86.8 Å². The van der Waals surface area contributed by atoms with Crippen LogP contribution in [0.3, 0.4) is 0 Å². The second-order valence-corrected chi connectivity index (χ2v) is 13.2. The van der Waals surface area contributed by atoms with Crippen LogP contribution in [0, 0.1) is 6.92 Å². The van der Waals surface area contributed by atoms with Crippen molar-refractivity contribution >= 4 is 38.3 Å². The van der Waals surface area contributed by atoms with E-state index in [2.05, 4.69) is 5.32 Å². The summed E-state index contributed by atoms with van der Waals surface area (Å²) in [5, 5.41) is 4.69. The fourth-order valence-electron chi connectivity index (χ4n) is 5.60. The van der Waals surface area contributed by atoms with E-state index < -0.39 is 16.1 Å². The Kier molecular flexibility index (Phi) is 9.16. The molecule has 1 heterocycles. The summed E-state index contributed by atoms with van der Waals surface area (Å²) < 4.78 is 28.3. The van der Waals surface area contributed by atoms with E-state index >= 15 is 0 Å². The molecule has 4 aromatic carbocycles. The van der Waals surface area contributed by atoms with Gasteiger partial charge in [0.1, 0.15) is 6.04 Å². The summed E-state index contributed by atoms with van der Waals surface area (Å²) in [5.74, 6) is -0.379. The van der Waals surface area contributed by atoms with Crippen molar-refractivity contribution < 1.29 is 18.0 Å². The van der Waals surface area contributed by atoms with Gasteiger partial charge < -0.3 is 10.2 Å². The molecule has 4 aromatic rings. The minimum atomic E-state index is -3.71. The highest BCUT2D eigenvalue weighted by atomic mass is 32.2. The first-order valence-corrected chi connectivity index (χ1v) is 16.4. The maximum Gasteiger partial charge on any atom is 0.265 e. The maximum atomic E-state index is 14.0. The Hall–Kier alpha value is -4.17. The molecule has 1 N–H and O–H groups in total. The number of rotatable bonds is 12. The van der Waals surface area contributed by atoms with E-state index in [4.69, 9.17) is 0 Å². The van der Waals surface area contributed by atoms with E-state index in [1.165, 1.54) is 4.31 Å². The zero-order valence-corrected chi connectivity index (χ0v) is 25.8. The van der Waals surface area contributed by atoms with Crippen LogP contribution < -0.4 is 9.62 Å². The minimum Gasteiger partial charge on any atom is -0.352 e. The standard InChI is InChI=1S/C35H39N3O4S/c1-4-26(3)36-35(40)31(23-27-11-6-5-7-12-27)37(24-28-20-18-25(2)19-21-28)33(39)17-10-22-38-30-15-8-13-29-14-9-16-32(34(29)30)43(38,41)42/h5-9,11-16,18-21,26,31H,4,10,17,22-24H2,1-3H3,(H,36,40)/t26-,31+/m1/s1. The van der Waals surface area contributed by atoms with E-state index in [0.29, 0.717) is 23.4 Å². The fraction of sp³-hybridized carbons (Fsp3) is 0.314. The minimum absolute atomic E-state index is 0.0354. The molecule has 0 radical (unpaired) electrons. The highest BCUT2D eigenvalue weighted by molar-refractivity contribution is 7.93. The lowest BCUT2D eigenvalue weighted by Crippen LogP contribution is -2.52. The molecule has 224 valence electrons. The second kappa shape index (κ2) is 13.0. The zero-order valence-electron chi connectivity index (χ0n) is 25.0. The van der Waals surface area contributed by atoms with E-state index in [1.807, 2.05) is 99.6 Å². The van der Waals surface area contributed by atoms with Gasteiger partial charge in [0, 0.05) is 37.4 Å². The van der Waals surface area contributed by atoms with Crippen molar-refractivity contribution in [2.24, 2.45) is 0 Å². The quantitative estimate of drug-likeness (QED) is 0.217. The molecule has 0 fully saturated rings. The molecular formula is C35H39N3O4S. The van der Waals surface area contributed by atoms with Gasteiger partial charge in [-0.3, -0.25) is 13.9 Å². The average molecular weight is 598 g/mol. The molecule has 0 aliphatic carbocycles. The Bertz CT molecular complexity index is 1700. The number of amides is 2. The fourth-order valence-corrected chi connectivity index (χ4v) is 7.35. The van der Waals surface area contributed by atoms with Crippen LogP contribution in [0.15, 0.2) is 95.9 Å². The summed E-state index contributed by atoms with van der Waals surface area (Å²) in [6, 6.07) is 27.8. The summed E-state index contributed by atoms with van der Waals surface area (Å²) in [6.07, 6.45) is 1.57. The molecule has 0 saturated heterocycles. The molecule has 43 heavy (non-hydrogen) atoms. The van der Waals surface area contributed by atoms with Crippen molar-refractivity contribution in [3.8, 4) is 0 Å². The Morgan fingerprint density at radius 2 is 1.58 bits per heavy atom. The molecule has 2 amide bonds. The molecular weight excluding hydrogens is 558 g/mol. The third-order valence-corrected chi connectivity index (χ3v) is 10.0. The number of carbonyl (C=O) groups is 2. The molecule has 5 rings (SSSR count). The first-order valence-electron chi connectivity index (χ1n) is 14.9. The van der Waals surface area contributed by atoms with Gasteiger partial charge in [-0.05, 0) is 55.3 Å². The van der Waals surface area contributed by atoms with Crippen LogP contribution in [0.1, 0.15) is 49.8 Å². The van der Waals surface area contributed by atoms with Gasteiger partial charge in [-0.1, -0.05) is 91.3 Å². The number of anilines is 1. The van der Waals surface area contributed by atoms with Crippen molar-refractivity contribution in [3.63, 3.8) is 0 Å². The van der Waals surface area contributed by atoms with Crippen LogP contribution in [0.2, 0.25) is 0 Å². The number of hydrogen-bond acceptors (Lipinski definition) is 4. The van der Waals surface area contributed by atoms with Gasteiger partial charge >= 0.3 is 0 Å².